The van der Waals surface area contributed by atoms with E-state index in [4.69, 9.17) is 4.74 Å². The van der Waals surface area contributed by atoms with Crippen LogP contribution in [0.25, 0.3) is 0 Å². The second kappa shape index (κ2) is 7.81. The van der Waals surface area contributed by atoms with Crippen molar-refractivity contribution in [1.29, 1.82) is 0 Å². The van der Waals surface area contributed by atoms with Gasteiger partial charge in [0.25, 0.3) is 5.91 Å². The van der Waals surface area contributed by atoms with Crippen LogP contribution in [0.15, 0.2) is 42.5 Å². The molecule has 1 saturated heterocycles. The molecule has 1 aliphatic rings. The van der Waals surface area contributed by atoms with Crippen LogP contribution in [-0.2, 0) is 4.79 Å². The molecule has 0 spiro atoms. The Labute approximate surface area is 156 Å². The van der Waals surface area contributed by atoms with Gasteiger partial charge >= 0.3 is 0 Å². The van der Waals surface area contributed by atoms with Gasteiger partial charge in [-0.1, -0.05) is 29.8 Å². The van der Waals surface area contributed by atoms with Crippen molar-refractivity contribution in [2.45, 2.75) is 33.8 Å². The summed E-state index contributed by atoms with van der Waals surface area (Å²) in [6.45, 7) is 11.3. The summed E-state index contributed by atoms with van der Waals surface area (Å²) < 4.78 is 5.83. The quantitative estimate of drug-likeness (QED) is 0.841. The fourth-order valence-electron chi connectivity index (χ4n) is 3.37. The number of piperazine rings is 1. The van der Waals surface area contributed by atoms with Gasteiger partial charge in [-0.05, 0) is 57.0 Å². The fraction of sp³-hybridized carbons (Fsp3) is 0.409. The maximum Gasteiger partial charge on any atom is 0.263 e. The normalized spacial score (nSPS) is 15.7. The molecule has 1 atom stereocenters. The third-order valence-corrected chi connectivity index (χ3v) is 5.19. The van der Waals surface area contributed by atoms with Crippen molar-refractivity contribution in [3.63, 3.8) is 0 Å². The monoisotopic (exact) mass is 352 g/mol. The van der Waals surface area contributed by atoms with Gasteiger partial charge in [-0.3, -0.25) is 4.79 Å². The molecule has 0 bridgehead atoms. The lowest BCUT2D eigenvalue weighted by Gasteiger charge is -2.38. The first kappa shape index (κ1) is 18.3. The molecule has 0 radical (unpaired) electrons. The van der Waals surface area contributed by atoms with E-state index in [-0.39, 0.29) is 5.91 Å². The lowest BCUT2D eigenvalue weighted by Crippen LogP contribution is -2.52. The van der Waals surface area contributed by atoms with E-state index in [1.54, 1.807) is 0 Å². The summed E-state index contributed by atoms with van der Waals surface area (Å²) in [5, 5.41) is 0. The Bertz CT molecular complexity index is 762. The number of hydrogen-bond donors (Lipinski definition) is 0. The van der Waals surface area contributed by atoms with Crippen molar-refractivity contribution in [2.75, 3.05) is 31.1 Å². The molecule has 1 unspecified atom stereocenters. The number of amides is 1. The number of carbonyl (C=O) groups is 1. The highest BCUT2D eigenvalue weighted by molar-refractivity contribution is 5.81. The van der Waals surface area contributed by atoms with Crippen LogP contribution < -0.4 is 9.64 Å². The van der Waals surface area contributed by atoms with Crippen LogP contribution in [0, 0.1) is 20.8 Å². The molecule has 4 heteroatoms. The second-order valence-corrected chi connectivity index (χ2v) is 7.10. The van der Waals surface area contributed by atoms with E-state index in [1.165, 1.54) is 22.4 Å². The molecule has 2 aromatic rings. The molecular weight excluding hydrogens is 324 g/mol. The number of anilines is 1. The molecule has 138 valence electrons. The molecule has 26 heavy (non-hydrogen) atoms. The van der Waals surface area contributed by atoms with Gasteiger partial charge in [-0.25, -0.2) is 0 Å². The lowest BCUT2D eigenvalue weighted by molar-refractivity contribution is -0.138. The minimum absolute atomic E-state index is 0.0613. The number of carbonyl (C=O) groups excluding carboxylic acids is 1. The van der Waals surface area contributed by atoms with Gasteiger partial charge in [0, 0.05) is 31.9 Å². The van der Waals surface area contributed by atoms with Gasteiger partial charge in [-0.15, -0.1) is 0 Å². The average molecular weight is 352 g/mol. The second-order valence-electron chi connectivity index (χ2n) is 7.10. The zero-order valence-corrected chi connectivity index (χ0v) is 16.2. The summed E-state index contributed by atoms with van der Waals surface area (Å²) >= 11 is 0. The topological polar surface area (TPSA) is 32.8 Å². The first-order valence-corrected chi connectivity index (χ1v) is 9.29. The number of benzene rings is 2. The van der Waals surface area contributed by atoms with Gasteiger partial charge in [-0.2, -0.15) is 0 Å². The van der Waals surface area contributed by atoms with Crippen molar-refractivity contribution < 1.29 is 9.53 Å². The van der Waals surface area contributed by atoms with Crippen molar-refractivity contribution >= 4 is 11.6 Å². The average Bonchev–Trinajstić information content (AvgIpc) is 2.65. The SMILES string of the molecule is Cc1ccc(OC(C)C(=O)N2CCN(c3cccc(C)c3C)CC2)cc1. The summed E-state index contributed by atoms with van der Waals surface area (Å²) in [7, 11) is 0. The number of hydrogen-bond acceptors (Lipinski definition) is 3. The minimum Gasteiger partial charge on any atom is -0.481 e. The minimum atomic E-state index is -0.468. The number of aryl methyl sites for hydroxylation is 2. The highest BCUT2D eigenvalue weighted by Crippen LogP contribution is 2.24. The predicted molar refractivity (Wildman–Crippen MR) is 106 cm³/mol. The van der Waals surface area contributed by atoms with Gasteiger partial charge < -0.3 is 14.5 Å². The first-order chi connectivity index (χ1) is 12.5. The smallest absolute Gasteiger partial charge is 0.263 e. The van der Waals surface area contributed by atoms with Crippen molar-refractivity contribution in [3.8, 4) is 5.75 Å². The Hall–Kier alpha value is -2.49. The number of rotatable bonds is 4. The van der Waals surface area contributed by atoms with Crippen molar-refractivity contribution in [2.24, 2.45) is 0 Å². The summed E-state index contributed by atoms with van der Waals surface area (Å²) in [6.07, 6.45) is -0.468. The van der Waals surface area contributed by atoms with Gasteiger partial charge in [0.2, 0.25) is 0 Å². The highest BCUT2D eigenvalue weighted by Gasteiger charge is 2.26. The summed E-state index contributed by atoms with van der Waals surface area (Å²) in [5.74, 6) is 0.802. The Balaban J connectivity index is 1.57. The van der Waals surface area contributed by atoms with Crippen LogP contribution >= 0.6 is 0 Å². The molecular formula is C22H28N2O2. The highest BCUT2D eigenvalue weighted by atomic mass is 16.5. The predicted octanol–water partition coefficient (Wildman–Crippen LogP) is 3.73. The lowest BCUT2D eigenvalue weighted by atomic mass is 10.1. The van der Waals surface area contributed by atoms with Crippen LogP contribution in [0.1, 0.15) is 23.6 Å². The Kier molecular flexibility index (Phi) is 5.50. The maximum absolute atomic E-state index is 12.7. The molecule has 0 N–H and O–H groups in total. The van der Waals surface area contributed by atoms with Crippen LogP contribution in [0.3, 0.4) is 0 Å². The molecule has 0 aromatic heterocycles. The summed E-state index contributed by atoms with van der Waals surface area (Å²) in [5.41, 5.74) is 5.09. The number of ether oxygens (including phenoxy) is 1. The Morgan fingerprint density at radius 2 is 1.62 bits per heavy atom. The largest absolute Gasteiger partial charge is 0.481 e. The molecule has 3 rings (SSSR count). The van der Waals surface area contributed by atoms with E-state index in [0.717, 1.165) is 31.9 Å². The maximum atomic E-state index is 12.7. The molecule has 0 aliphatic carbocycles. The van der Waals surface area contributed by atoms with Gasteiger partial charge in [0.15, 0.2) is 6.10 Å². The summed E-state index contributed by atoms with van der Waals surface area (Å²) in [4.78, 5) is 17.0. The van der Waals surface area contributed by atoms with Crippen LogP contribution in [0.2, 0.25) is 0 Å². The number of nitrogens with zero attached hydrogens (tertiary/aromatic N) is 2. The fourth-order valence-corrected chi connectivity index (χ4v) is 3.37. The molecule has 1 amide bonds. The standard InChI is InChI=1S/C22H28N2O2/c1-16-8-10-20(11-9-16)26-19(4)22(25)24-14-12-23(13-15-24)21-7-5-6-17(2)18(21)3/h5-11,19H,12-15H2,1-4H3. The molecule has 1 fully saturated rings. The van der Waals surface area contributed by atoms with E-state index < -0.39 is 6.10 Å². The third kappa shape index (κ3) is 4.01. The van der Waals surface area contributed by atoms with Crippen molar-refractivity contribution in [3.05, 3.63) is 59.2 Å². The van der Waals surface area contributed by atoms with E-state index in [1.807, 2.05) is 43.0 Å². The molecule has 1 aliphatic heterocycles. The van der Waals surface area contributed by atoms with Gasteiger partial charge in [0.1, 0.15) is 5.75 Å². The summed E-state index contributed by atoms with van der Waals surface area (Å²) in [6, 6.07) is 14.2. The molecule has 2 aromatic carbocycles. The third-order valence-electron chi connectivity index (χ3n) is 5.19. The Morgan fingerprint density at radius 3 is 2.27 bits per heavy atom. The van der Waals surface area contributed by atoms with E-state index in [2.05, 4.69) is 36.9 Å². The Morgan fingerprint density at radius 1 is 0.962 bits per heavy atom. The van der Waals surface area contributed by atoms with Crippen LogP contribution in [0.4, 0.5) is 5.69 Å². The first-order valence-electron chi connectivity index (χ1n) is 9.29. The van der Waals surface area contributed by atoms with E-state index in [9.17, 15) is 4.79 Å². The van der Waals surface area contributed by atoms with Crippen LogP contribution in [-0.4, -0.2) is 43.1 Å². The zero-order valence-electron chi connectivity index (χ0n) is 16.2. The van der Waals surface area contributed by atoms with E-state index in [0.29, 0.717) is 0 Å². The van der Waals surface area contributed by atoms with Gasteiger partial charge in [0.05, 0.1) is 0 Å². The zero-order chi connectivity index (χ0) is 18.7. The molecule has 4 nitrogen and oxygen atoms in total. The van der Waals surface area contributed by atoms with E-state index >= 15 is 0 Å². The molecule has 0 saturated carbocycles. The van der Waals surface area contributed by atoms with Crippen LogP contribution in [0.5, 0.6) is 5.75 Å². The van der Waals surface area contributed by atoms with Crippen molar-refractivity contribution in [1.82, 2.24) is 4.90 Å². The molecule has 1 heterocycles.